The normalized spacial score (nSPS) is 17.7. The number of morpholine rings is 1. The summed E-state index contributed by atoms with van der Waals surface area (Å²) in [7, 11) is 0. The molecule has 4 rings (SSSR count). The molecule has 0 saturated carbocycles. The zero-order valence-electron chi connectivity index (χ0n) is 16.1. The quantitative estimate of drug-likeness (QED) is 0.628. The van der Waals surface area contributed by atoms with Gasteiger partial charge >= 0.3 is 0 Å². The van der Waals surface area contributed by atoms with E-state index in [0.717, 1.165) is 61.1 Å². The molecule has 1 aromatic carbocycles. The summed E-state index contributed by atoms with van der Waals surface area (Å²) in [5.41, 5.74) is 4.49. The van der Waals surface area contributed by atoms with Crippen LogP contribution < -0.4 is 0 Å². The number of aryl methyl sites for hydroxylation is 1. The van der Waals surface area contributed by atoms with Gasteiger partial charge in [0, 0.05) is 55.6 Å². The van der Waals surface area contributed by atoms with E-state index < -0.39 is 0 Å². The van der Waals surface area contributed by atoms with E-state index in [9.17, 15) is 0 Å². The number of hydrogen-bond acceptors (Lipinski definition) is 4. The van der Waals surface area contributed by atoms with Gasteiger partial charge in [0.05, 0.1) is 18.5 Å². The van der Waals surface area contributed by atoms with Crippen LogP contribution in [0.25, 0.3) is 0 Å². The molecule has 1 aliphatic heterocycles. The van der Waals surface area contributed by atoms with Gasteiger partial charge in [0.15, 0.2) is 0 Å². The highest BCUT2D eigenvalue weighted by molar-refractivity contribution is 6.31. The Balaban J connectivity index is 1.38. The Kier molecular flexibility index (Phi) is 6.05. The summed E-state index contributed by atoms with van der Waals surface area (Å²) in [6.45, 7) is 6.38. The Hall–Kier alpha value is -2.21. The van der Waals surface area contributed by atoms with Crippen molar-refractivity contribution in [2.24, 2.45) is 0 Å². The third-order valence-electron chi connectivity index (χ3n) is 5.10. The molecule has 28 heavy (non-hydrogen) atoms. The van der Waals surface area contributed by atoms with Gasteiger partial charge in [-0.1, -0.05) is 35.9 Å². The number of aromatic nitrogens is 3. The first-order valence-corrected chi connectivity index (χ1v) is 10.1. The number of pyridine rings is 1. The average molecular weight is 397 g/mol. The second kappa shape index (κ2) is 8.86. The zero-order valence-corrected chi connectivity index (χ0v) is 16.8. The summed E-state index contributed by atoms with van der Waals surface area (Å²) in [6.07, 6.45) is 6.80. The fourth-order valence-corrected chi connectivity index (χ4v) is 3.74. The van der Waals surface area contributed by atoms with E-state index >= 15 is 0 Å². The summed E-state index contributed by atoms with van der Waals surface area (Å²) >= 11 is 6.27. The summed E-state index contributed by atoms with van der Waals surface area (Å²) in [6, 6.07) is 12.1. The second-order valence-electron chi connectivity index (χ2n) is 7.16. The van der Waals surface area contributed by atoms with Gasteiger partial charge < -0.3 is 4.74 Å². The zero-order chi connectivity index (χ0) is 19.3. The lowest BCUT2D eigenvalue weighted by atomic mass is 10.1. The van der Waals surface area contributed by atoms with Crippen LogP contribution in [0.1, 0.15) is 35.4 Å². The fourth-order valence-electron chi connectivity index (χ4n) is 3.54. The molecule has 5 nitrogen and oxygen atoms in total. The van der Waals surface area contributed by atoms with Gasteiger partial charge in [-0.15, -0.1) is 0 Å². The molecule has 146 valence electrons. The predicted octanol–water partition coefficient (Wildman–Crippen LogP) is 4.12. The molecule has 3 heterocycles. The molecule has 0 spiro atoms. The van der Waals surface area contributed by atoms with Crippen LogP contribution >= 0.6 is 11.6 Å². The Labute approximate surface area is 170 Å². The van der Waals surface area contributed by atoms with Crippen molar-refractivity contribution in [2.45, 2.75) is 32.5 Å². The van der Waals surface area contributed by atoms with Crippen LogP contribution in [-0.2, 0) is 24.2 Å². The highest BCUT2D eigenvalue weighted by Crippen LogP contribution is 2.23. The van der Waals surface area contributed by atoms with E-state index in [0.29, 0.717) is 0 Å². The van der Waals surface area contributed by atoms with E-state index in [1.165, 1.54) is 5.56 Å². The van der Waals surface area contributed by atoms with Gasteiger partial charge in [0.2, 0.25) is 0 Å². The molecule has 0 bridgehead atoms. The van der Waals surface area contributed by atoms with E-state index in [2.05, 4.69) is 46.3 Å². The van der Waals surface area contributed by atoms with Gasteiger partial charge in [0.1, 0.15) is 6.10 Å². The van der Waals surface area contributed by atoms with Crippen molar-refractivity contribution in [3.8, 4) is 0 Å². The van der Waals surface area contributed by atoms with Crippen molar-refractivity contribution in [3.63, 3.8) is 0 Å². The maximum absolute atomic E-state index is 6.27. The molecule has 0 aliphatic carbocycles. The van der Waals surface area contributed by atoms with Crippen LogP contribution in [0.15, 0.2) is 55.0 Å². The molecule has 0 N–H and O–H groups in total. The third kappa shape index (κ3) is 4.61. The largest absolute Gasteiger partial charge is 0.369 e. The van der Waals surface area contributed by atoms with Gasteiger partial charge in [-0.25, -0.2) is 0 Å². The lowest BCUT2D eigenvalue weighted by Gasteiger charge is -2.32. The van der Waals surface area contributed by atoms with Crippen LogP contribution in [0.3, 0.4) is 0 Å². The van der Waals surface area contributed by atoms with Gasteiger partial charge in [0.25, 0.3) is 0 Å². The minimum Gasteiger partial charge on any atom is -0.369 e. The maximum atomic E-state index is 6.27. The Bertz CT molecular complexity index is 909. The molecule has 2 aromatic heterocycles. The first-order valence-electron chi connectivity index (χ1n) is 9.75. The molecule has 1 fully saturated rings. The lowest BCUT2D eigenvalue weighted by Crippen LogP contribution is -2.38. The molecule has 1 aliphatic rings. The second-order valence-corrected chi connectivity index (χ2v) is 7.57. The third-order valence-corrected chi connectivity index (χ3v) is 5.47. The van der Waals surface area contributed by atoms with Gasteiger partial charge in [-0.2, -0.15) is 5.10 Å². The van der Waals surface area contributed by atoms with Crippen LogP contribution in [0.4, 0.5) is 0 Å². The standard InChI is InChI=1S/C22H25ClN4O/c1-2-27-15-18(13-25-27)14-26-9-10-28-22(16-26)21-8-7-17(12-24-21)11-19-5-3-4-6-20(19)23/h3-8,12-13,15,22H,2,9-11,14,16H2,1H3/t22-/m0/s1. The SMILES string of the molecule is CCn1cc(CN2CCO[C@H](c3ccc(Cc4ccccc4Cl)cn3)C2)cn1. The van der Waals surface area contributed by atoms with E-state index in [1.807, 2.05) is 35.3 Å². The van der Waals surface area contributed by atoms with E-state index in [-0.39, 0.29) is 6.10 Å². The fraction of sp³-hybridized carbons (Fsp3) is 0.364. The Morgan fingerprint density at radius 3 is 2.79 bits per heavy atom. The number of nitrogens with zero attached hydrogens (tertiary/aromatic N) is 4. The van der Waals surface area contributed by atoms with Crippen molar-refractivity contribution in [3.05, 3.63) is 82.4 Å². The smallest absolute Gasteiger partial charge is 0.112 e. The molecule has 6 heteroatoms. The van der Waals surface area contributed by atoms with Crippen molar-refractivity contribution in [1.29, 1.82) is 0 Å². The number of hydrogen-bond donors (Lipinski definition) is 0. The molecule has 0 amide bonds. The molecule has 1 saturated heterocycles. The summed E-state index contributed by atoms with van der Waals surface area (Å²) in [4.78, 5) is 7.08. The molecule has 3 aromatic rings. The highest BCUT2D eigenvalue weighted by atomic mass is 35.5. The minimum absolute atomic E-state index is 0.00401. The summed E-state index contributed by atoms with van der Waals surface area (Å²) in [5.74, 6) is 0. The Morgan fingerprint density at radius 2 is 2.04 bits per heavy atom. The number of ether oxygens (including phenoxy) is 1. The molecule has 1 atom stereocenters. The van der Waals surface area contributed by atoms with Crippen LogP contribution in [0.2, 0.25) is 5.02 Å². The first kappa shape index (κ1) is 19.1. The average Bonchev–Trinajstić information content (AvgIpc) is 3.18. The van der Waals surface area contributed by atoms with Crippen molar-refractivity contribution >= 4 is 11.6 Å². The Morgan fingerprint density at radius 1 is 1.14 bits per heavy atom. The molecule has 0 radical (unpaired) electrons. The number of benzene rings is 1. The van der Waals surface area contributed by atoms with Gasteiger partial charge in [-0.05, 0) is 30.2 Å². The lowest BCUT2D eigenvalue weighted by molar-refractivity contribution is -0.0350. The number of halogens is 1. The van der Waals surface area contributed by atoms with Gasteiger partial charge in [-0.3, -0.25) is 14.6 Å². The topological polar surface area (TPSA) is 43.2 Å². The van der Waals surface area contributed by atoms with Crippen LogP contribution in [0.5, 0.6) is 0 Å². The molecule has 0 unspecified atom stereocenters. The monoisotopic (exact) mass is 396 g/mol. The molecular weight excluding hydrogens is 372 g/mol. The first-order chi connectivity index (χ1) is 13.7. The van der Waals surface area contributed by atoms with E-state index in [1.54, 1.807) is 0 Å². The predicted molar refractivity (Wildman–Crippen MR) is 110 cm³/mol. The van der Waals surface area contributed by atoms with E-state index in [4.69, 9.17) is 16.3 Å². The maximum Gasteiger partial charge on any atom is 0.112 e. The van der Waals surface area contributed by atoms with Crippen LogP contribution in [-0.4, -0.2) is 39.4 Å². The summed E-state index contributed by atoms with van der Waals surface area (Å²) < 4.78 is 7.95. The van der Waals surface area contributed by atoms with Crippen LogP contribution in [0, 0.1) is 0 Å². The minimum atomic E-state index is 0.00401. The highest BCUT2D eigenvalue weighted by Gasteiger charge is 2.23. The number of rotatable bonds is 6. The molecular formula is C22H25ClN4O. The van der Waals surface area contributed by atoms with Crippen molar-refractivity contribution in [1.82, 2.24) is 19.7 Å². The van der Waals surface area contributed by atoms with Crippen molar-refractivity contribution in [2.75, 3.05) is 19.7 Å². The van der Waals surface area contributed by atoms with Crippen molar-refractivity contribution < 1.29 is 4.74 Å². The summed E-state index contributed by atoms with van der Waals surface area (Å²) in [5, 5.41) is 5.16.